The molecule has 5 rings (SSSR count). The van der Waals surface area contributed by atoms with Crippen molar-refractivity contribution < 1.29 is 9.53 Å². The summed E-state index contributed by atoms with van der Waals surface area (Å²) >= 11 is 6.44. The minimum Gasteiger partial charge on any atom is -0.466 e. The summed E-state index contributed by atoms with van der Waals surface area (Å²) in [6.45, 7) is 5.06. The van der Waals surface area contributed by atoms with E-state index in [0.717, 1.165) is 29.1 Å². The summed E-state index contributed by atoms with van der Waals surface area (Å²) < 4.78 is 7.80. The van der Waals surface area contributed by atoms with Crippen LogP contribution in [-0.4, -0.2) is 40.1 Å². The molecule has 3 aromatic rings. The van der Waals surface area contributed by atoms with Gasteiger partial charge < -0.3 is 9.30 Å². The van der Waals surface area contributed by atoms with Crippen LogP contribution in [0.1, 0.15) is 60.5 Å². The number of carbonyl (C=O) groups is 1. The third-order valence-corrected chi connectivity index (χ3v) is 7.64. The second-order valence-electron chi connectivity index (χ2n) is 9.19. The van der Waals surface area contributed by atoms with Crippen molar-refractivity contribution in [3.8, 4) is 0 Å². The summed E-state index contributed by atoms with van der Waals surface area (Å²) in [5.41, 5.74) is 6.32. The van der Waals surface area contributed by atoms with E-state index in [0.29, 0.717) is 25.1 Å². The fourth-order valence-electron chi connectivity index (χ4n) is 5.89. The number of ether oxygens (including phenoxy) is 1. The Morgan fingerprint density at radius 3 is 2.94 bits per heavy atom. The summed E-state index contributed by atoms with van der Waals surface area (Å²) in [7, 11) is 2.25. The van der Waals surface area contributed by atoms with Crippen LogP contribution in [0.15, 0.2) is 36.7 Å². The molecular weight excluding hydrogens is 422 g/mol. The molecule has 0 saturated carbocycles. The van der Waals surface area contributed by atoms with E-state index in [9.17, 15) is 4.79 Å². The Bertz CT molecular complexity index is 1170. The van der Waals surface area contributed by atoms with E-state index in [2.05, 4.69) is 40.6 Å². The number of rotatable bonds is 6. The standard InChI is InChI=1S/C26H30ClN3O2/c1-4-32-25(31)11-17(20-9-10-28-14-16(20)2)15-30-22-7-5-18(27)12-21(22)26-23-8-6-19(29(23)3)13-24(26)30/h5,7,9-10,12,14,17,19,23H,4,6,8,11,13,15H2,1-3H3. The Morgan fingerprint density at radius 2 is 2.16 bits per heavy atom. The minimum absolute atomic E-state index is 0.0183. The second-order valence-corrected chi connectivity index (χ2v) is 9.62. The number of hydrogen-bond acceptors (Lipinski definition) is 4. The normalized spacial score (nSPS) is 21.0. The number of hydrogen-bond donors (Lipinski definition) is 0. The van der Waals surface area contributed by atoms with Crippen LogP contribution in [-0.2, 0) is 22.5 Å². The number of aryl methyl sites for hydroxylation is 1. The van der Waals surface area contributed by atoms with Crippen LogP contribution in [0.4, 0.5) is 0 Å². The third kappa shape index (κ3) is 3.61. The second kappa shape index (κ2) is 8.53. The molecule has 32 heavy (non-hydrogen) atoms. The maximum absolute atomic E-state index is 12.5. The van der Waals surface area contributed by atoms with Gasteiger partial charge in [0.1, 0.15) is 0 Å². The Kier molecular flexibility index (Phi) is 5.72. The summed E-state index contributed by atoms with van der Waals surface area (Å²) in [5, 5.41) is 2.03. The van der Waals surface area contributed by atoms with Gasteiger partial charge in [0.25, 0.3) is 0 Å². The van der Waals surface area contributed by atoms with Gasteiger partial charge in [-0.15, -0.1) is 0 Å². The maximum atomic E-state index is 12.5. The molecule has 0 radical (unpaired) electrons. The molecule has 1 saturated heterocycles. The number of fused-ring (bicyclic) bond motifs is 6. The predicted octanol–water partition coefficient (Wildman–Crippen LogP) is 5.43. The highest BCUT2D eigenvalue weighted by Gasteiger charge is 2.41. The zero-order chi connectivity index (χ0) is 22.4. The van der Waals surface area contributed by atoms with E-state index in [-0.39, 0.29) is 11.9 Å². The highest BCUT2D eigenvalue weighted by Crippen LogP contribution is 2.47. The molecule has 6 heteroatoms. The van der Waals surface area contributed by atoms with Gasteiger partial charge in [-0.2, -0.15) is 0 Å². The first-order valence-corrected chi connectivity index (χ1v) is 11.9. The molecule has 1 fully saturated rings. The number of aromatic nitrogens is 2. The molecule has 4 heterocycles. The van der Waals surface area contributed by atoms with Crippen molar-refractivity contribution >= 4 is 28.5 Å². The zero-order valence-electron chi connectivity index (χ0n) is 19.0. The zero-order valence-corrected chi connectivity index (χ0v) is 19.7. The maximum Gasteiger partial charge on any atom is 0.306 e. The number of esters is 1. The smallest absolute Gasteiger partial charge is 0.306 e. The fourth-order valence-corrected chi connectivity index (χ4v) is 6.06. The van der Waals surface area contributed by atoms with Crippen molar-refractivity contribution in [3.05, 3.63) is 64.1 Å². The third-order valence-electron chi connectivity index (χ3n) is 7.40. The van der Waals surface area contributed by atoms with Crippen LogP contribution >= 0.6 is 11.6 Å². The fraction of sp³-hybridized carbons (Fsp3) is 0.462. The summed E-state index contributed by atoms with van der Waals surface area (Å²) in [5.74, 6) is -0.133. The number of likely N-dealkylation sites (N-methyl/N-ethyl adjacent to an activating group) is 1. The quantitative estimate of drug-likeness (QED) is 0.469. The lowest BCUT2D eigenvalue weighted by molar-refractivity contribution is -0.143. The molecule has 2 aliphatic rings. The van der Waals surface area contributed by atoms with Gasteiger partial charge in [0, 0.05) is 65.0 Å². The van der Waals surface area contributed by atoms with Gasteiger partial charge in [-0.1, -0.05) is 11.6 Å². The van der Waals surface area contributed by atoms with Crippen LogP contribution < -0.4 is 0 Å². The van der Waals surface area contributed by atoms with Crippen LogP contribution in [0.25, 0.3) is 10.9 Å². The van der Waals surface area contributed by atoms with Gasteiger partial charge in [0.05, 0.1) is 13.0 Å². The highest BCUT2D eigenvalue weighted by molar-refractivity contribution is 6.31. The molecule has 2 aromatic heterocycles. The Labute approximate surface area is 194 Å². The highest BCUT2D eigenvalue weighted by atomic mass is 35.5. The van der Waals surface area contributed by atoms with Crippen molar-refractivity contribution in [2.45, 2.75) is 64.1 Å². The molecule has 1 aromatic carbocycles. The molecule has 0 spiro atoms. The minimum atomic E-state index is -0.151. The van der Waals surface area contributed by atoms with Crippen molar-refractivity contribution in [2.75, 3.05) is 13.7 Å². The SMILES string of the molecule is CCOC(=O)CC(Cn1c2c(c3cc(Cl)ccc31)C1CCC(C2)N1C)c1ccncc1C. The molecule has 5 nitrogen and oxygen atoms in total. The van der Waals surface area contributed by atoms with Gasteiger partial charge >= 0.3 is 5.97 Å². The molecule has 0 aliphatic carbocycles. The van der Waals surface area contributed by atoms with E-state index in [4.69, 9.17) is 16.3 Å². The van der Waals surface area contributed by atoms with Crippen LogP contribution in [0, 0.1) is 6.92 Å². The van der Waals surface area contributed by atoms with E-state index in [1.54, 1.807) is 0 Å². The number of benzene rings is 1. The molecule has 0 amide bonds. The average molecular weight is 452 g/mol. The first-order valence-electron chi connectivity index (χ1n) is 11.6. The molecule has 0 N–H and O–H groups in total. The monoisotopic (exact) mass is 451 g/mol. The molecule has 3 atom stereocenters. The summed E-state index contributed by atoms with van der Waals surface area (Å²) in [6, 6.07) is 9.31. The number of carbonyl (C=O) groups excluding carboxylic acids is 1. The van der Waals surface area contributed by atoms with Crippen molar-refractivity contribution in [1.29, 1.82) is 0 Å². The molecular formula is C26H30ClN3O2. The topological polar surface area (TPSA) is 47.4 Å². The van der Waals surface area contributed by atoms with E-state index in [1.807, 2.05) is 31.5 Å². The predicted molar refractivity (Wildman–Crippen MR) is 127 cm³/mol. The van der Waals surface area contributed by atoms with Gasteiger partial charge in [0.15, 0.2) is 0 Å². The Hall–Kier alpha value is -2.37. The Balaban J connectivity index is 1.62. The number of halogens is 1. The lowest BCUT2D eigenvalue weighted by atomic mass is 9.92. The molecule has 168 valence electrons. The lowest BCUT2D eigenvalue weighted by Gasteiger charge is -2.33. The van der Waals surface area contributed by atoms with Crippen molar-refractivity contribution in [1.82, 2.24) is 14.5 Å². The summed E-state index contributed by atoms with van der Waals surface area (Å²) in [6.07, 6.45) is 7.51. The van der Waals surface area contributed by atoms with Crippen molar-refractivity contribution in [2.24, 2.45) is 0 Å². The average Bonchev–Trinajstić information content (AvgIpc) is 3.17. The van der Waals surface area contributed by atoms with Crippen LogP contribution in [0.2, 0.25) is 5.02 Å². The first kappa shape index (κ1) is 21.5. The number of nitrogens with zero attached hydrogens (tertiary/aromatic N) is 3. The van der Waals surface area contributed by atoms with Gasteiger partial charge in [-0.3, -0.25) is 14.7 Å². The van der Waals surface area contributed by atoms with E-state index in [1.165, 1.54) is 35.0 Å². The van der Waals surface area contributed by atoms with Crippen molar-refractivity contribution in [3.63, 3.8) is 0 Å². The summed E-state index contributed by atoms with van der Waals surface area (Å²) in [4.78, 5) is 19.4. The molecule has 2 bridgehead atoms. The van der Waals surface area contributed by atoms with Gasteiger partial charge in [-0.05, 0) is 74.7 Å². The van der Waals surface area contributed by atoms with E-state index >= 15 is 0 Å². The number of pyridine rings is 1. The largest absolute Gasteiger partial charge is 0.466 e. The van der Waals surface area contributed by atoms with Crippen LogP contribution in [0.5, 0.6) is 0 Å². The molecule has 3 unspecified atom stereocenters. The van der Waals surface area contributed by atoms with E-state index < -0.39 is 0 Å². The molecule has 2 aliphatic heterocycles. The van der Waals surface area contributed by atoms with Gasteiger partial charge in [-0.25, -0.2) is 0 Å². The lowest BCUT2D eigenvalue weighted by Crippen LogP contribution is -2.35. The first-order chi connectivity index (χ1) is 15.5. The van der Waals surface area contributed by atoms with Gasteiger partial charge in [0.2, 0.25) is 0 Å². The van der Waals surface area contributed by atoms with Crippen LogP contribution in [0.3, 0.4) is 0 Å². The Morgan fingerprint density at radius 1 is 1.31 bits per heavy atom.